The van der Waals surface area contributed by atoms with Crippen molar-refractivity contribution in [3.63, 3.8) is 0 Å². The quantitative estimate of drug-likeness (QED) is 0.103. The van der Waals surface area contributed by atoms with Crippen molar-refractivity contribution in [2.24, 2.45) is 5.73 Å². The third-order valence-corrected chi connectivity index (χ3v) is 6.26. The van der Waals surface area contributed by atoms with Gasteiger partial charge in [0.05, 0.1) is 26.4 Å². The molecule has 1 aromatic heterocycles. The number of nitrogens with one attached hydrogen (secondary N) is 4. The molecule has 0 saturated heterocycles. The van der Waals surface area contributed by atoms with Crippen LogP contribution in [0.25, 0.3) is 0 Å². The average Bonchev–Trinajstić information content (AvgIpc) is 3.03. The lowest BCUT2D eigenvalue weighted by Crippen LogP contribution is -2.27. The van der Waals surface area contributed by atoms with Crippen LogP contribution >= 0.6 is 0 Å². The van der Waals surface area contributed by atoms with Crippen LogP contribution in [0.2, 0.25) is 0 Å². The van der Waals surface area contributed by atoms with Gasteiger partial charge in [-0.05, 0) is 42.2 Å². The highest BCUT2D eigenvalue weighted by atomic mass is 16.5. The largest absolute Gasteiger partial charge is 0.378 e. The first-order valence-electron chi connectivity index (χ1n) is 14.5. The van der Waals surface area contributed by atoms with E-state index in [0.717, 1.165) is 12.8 Å². The van der Waals surface area contributed by atoms with Crippen LogP contribution in [0.5, 0.6) is 0 Å². The van der Waals surface area contributed by atoms with Gasteiger partial charge in [0.2, 0.25) is 17.8 Å². The highest BCUT2D eigenvalue weighted by Gasteiger charge is 2.10. The Labute approximate surface area is 252 Å². The number of nitrogens with two attached hydrogens (primary N) is 1. The monoisotopic (exact) mass is 584 g/mol. The highest BCUT2D eigenvalue weighted by Crippen LogP contribution is 2.18. The minimum atomic E-state index is -0.200. The second-order valence-electron chi connectivity index (χ2n) is 9.61. The van der Waals surface area contributed by atoms with Crippen molar-refractivity contribution in [1.29, 1.82) is 0 Å². The molecule has 0 bridgehead atoms. The third-order valence-electron chi connectivity index (χ3n) is 6.26. The molecule has 0 fully saturated rings. The summed E-state index contributed by atoms with van der Waals surface area (Å²) in [4.78, 5) is 26.4. The van der Waals surface area contributed by atoms with E-state index in [2.05, 4.69) is 60.5 Å². The highest BCUT2D eigenvalue weighted by molar-refractivity contribution is 5.95. The molecule has 43 heavy (non-hydrogen) atoms. The number of nitrogens with zero attached hydrogens (tertiary/aromatic N) is 3. The van der Waals surface area contributed by atoms with Gasteiger partial charge in [-0.2, -0.15) is 15.0 Å². The Balaban J connectivity index is 1.35. The molecule has 0 atom stereocenters. The molecule has 3 aromatic carbocycles. The Morgan fingerprint density at radius 1 is 0.651 bits per heavy atom. The predicted molar refractivity (Wildman–Crippen MR) is 170 cm³/mol. The van der Waals surface area contributed by atoms with E-state index >= 15 is 0 Å². The lowest BCUT2D eigenvalue weighted by atomic mass is 10.1. The summed E-state index contributed by atoms with van der Waals surface area (Å²) in [5.74, 6) is 1.08. The van der Waals surface area contributed by atoms with E-state index in [4.69, 9.17) is 15.2 Å². The molecule has 1 amide bonds. The second-order valence-corrected chi connectivity index (χ2v) is 9.61. The first-order valence-corrected chi connectivity index (χ1v) is 14.5. The second kappa shape index (κ2) is 18.1. The zero-order chi connectivity index (χ0) is 30.0. The van der Waals surface area contributed by atoms with Crippen molar-refractivity contribution in [3.8, 4) is 0 Å². The zero-order valence-electron chi connectivity index (χ0n) is 24.3. The summed E-state index contributed by atoms with van der Waals surface area (Å²) in [6.07, 6.45) is 1.66. The van der Waals surface area contributed by atoms with Gasteiger partial charge >= 0.3 is 0 Å². The maximum absolute atomic E-state index is 12.7. The lowest BCUT2D eigenvalue weighted by Gasteiger charge is -2.12. The zero-order valence-corrected chi connectivity index (χ0v) is 24.3. The number of ether oxygens (including phenoxy) is 2. The van der Waals surface area contributed by atoms with Gasteiger partial charge < -0.3 is 36.5 Å². The van der Waals surface area contributed by atoms with Crippen molar-refractivity contribution in [2.75, 3.05) is 68.6 Å². The van der Waals surface area contributed by atoms with E-state index < -0.39 is 0 Å². The van der Waals surface area contributed by atoms with Gasteiger partial charge in [-0.3, -0.25) is 4.79 Å². The number of anilines is 4. The molecule has 4 rings (SSSR count). The molecule has 0 aliphatic rings. The Bertz CT molecular complexity index is 1310. The number of rotatable bonds is 19. The van der Waals surface area contributed by atoms with Crippen molar-refractivity contribution < 1.29 is 14.3 Å². The summed E-state index contributed by atoms with van der Waals surface area (Å²) in [5.41, 5.74) is 9.02. The normalized spacial score (nSPS) is 10.7. The number of amides is 1. The molecule has 0 radical (unpaired) electrons. The molecule has 4 aromatic rings. The lowest BCUT2D eigenvalue weighted by molar-refractivity contribution is 0.0511. The Morgan fingerprint density at radius 3 is 1.84 bits per heavy atom. The van der Waals surface area contributed by atoms with Crippen LogP contribution in [-0.2, 0) is 22.3 Å². The molecule has 0 aliphatic heterocycles. The predicted octanol–water partition coefficient (Wildman–Crippen LogP) is 3.65. The average molecular weight is 585 g/mol. The van der Waals surface area contributed by atoms with Gasteiger partial charge in [-0.1, -0.05) is 66.7 Å². The van der Waals surface area contributed by atoms with Crippen LogP contribution in [0.15, 0.2) is 84.9 Å². The smallest absolute Gasteiger partial charge is 0.251 e. The van der Waals surface area contributed by atoms with Crippen LogP contribution in [-0.4, -0.2) is 73.5 Å². The fraction of sp³-hybridized carbons (Fsp3) is 0.312. The van der Waals surface area contributed by atoms with Gasteiger partial charge in [0, 0.05) is 37.4 Å². The maximum Gasteiger partial charge on any atom is 0.251 e. The van der Waals surface area contributed by atoms with E-state index in [0.29, 0.717) is 81.7 Å². The number of aromatic nitrogens is 3. The van der Waals surface area contributed by atoms with Gasteiger partial charge in [0.25, 0.3) is 5.91 Å². The van der Waals surface area contributed by atoms with Crippen LogP contribution in [0, 0.1) is 0 Å². The molecule has 1 heterocycles. The van der Waals surface area contributed by atoms with Crippen LogP contribution in [0.4, 0.5) is 23.5 Å². The maximum atomic E-state index is 12.7. The molecule has 0 unspecified atom stereocenters. The first-order chi connectivity index (χ1) is 21.2. The number of hydrogen-bond donors (Lipinski definition) is 5. The van der Waals surface area contributed by atoms with E-state index in [1.807, 2.05) is 48.5 Å². The van der Waals surface area contributed by atoms with E-state index in [-0.39, 0.29) is 5.91 Å². The van der Waals surface area contributed by atoms with E-state index in [9.17, 15) is 4.79 Å². The number of carbonyl (C=O) groups excluding carboxylic acids is 1. The molecule has 6 N–H and O–H groups in total. The molecule has 11 nitrogen and oxygen atoms in total. The van der Waals surface area contributed by atoms with Gasteiger partial charge in [0.15, 0.2) is 0 Å². The first kappa shape index (κ1) is 31.4. The summed E-state index contributed by atoms with van der Waals surface area (Å²) in [7, 11) is 0. The molecule has 11 heteroatoms. The van der Waals surface area contributed by atoms with Crippen molar-refractivity contribution in [2.45, 2.75) is 12.8 Å². The summed E-state index contributed by atoms with van der Waals surface area (Å²) in [6, 6.07) is 27.7. The summed E-state index contributed by atoms with van der Waals surface area (Å²) in [6.45, 7) is 4.02. The van der Waals surface area contributed by atoms with E-state index in [1.54, 1.807) is 12.1 Å². The van der Waals surface area contributed by atoms with Gasteiger partial charge in [-0.15, -0.1) is 0 Å². The Kier molecular flexibility index (Phi) is 13.2. The number of benzene rings is 3. The van der Waals surface area contributed by atoms with Gasteiger partial charge in [-0.25, -0.2) is 0 Å². The summed E-state index contributed by atoms with van der Waals surface area (Å²) < 4.78 is 10.7. The minimum Gasteiger partial charge on any atom is -0.378 e. The SMILES string of the molecule is NCCOCCOCCNC(=O)c1cccc(Nc2nc(NCCc3ccccc3)nc(NCCc3ccccc3)n2)c1. The third kappa shape index (κ3) is 11.7. The molecule has 0 spiro atoms. The molecule has 226 valence electrons. The molecular weight excluding hydrogens is 544 g/mol. The summed E-state index contributed by atoms with van der Waals surface area (Å²) in [5, 5.41) is 12.7. The van der Waals surface area contributed by atoms with Crippen LogP contribution in [0.1, 0.15) is 21.5 Å². The molecule has 0 aliphatic carbocycles. The Morgan fingerprint density at radius 2 is 1.23 bits per heavy atom. The van der Waals surface area contributed by atoms with Crippen molar-refractivity contribution >= 4 is 29.4 Å². The van der Waals surface area contributed by atoms with E-state index in [1.165, 1.54) is 11.1 Å². The number of carbonyl (C=O) groups is 1. The molecule has 0 saturated carbocycles. The van der Waals surface area contributed by atoms with Crippen molar-refractivity contribution in [1.82, 2.24) is 20.3 Å². The van der Waals surface area contributed by atoms with Crippen molar-refractivity contribution in [3.05, 3.63) is 102 Å². The Hall–Kier alpha value is -4.58. The van der Waals surface area contributed by atoms with Crippen LogP contribution < -0.4 is 27.0 Å². The van der Waals surface area contributed by atoms with Crippen LogP contribution in [0.3, 0.4) is 0 Å². The van der Waals surface area contributed by atoms with Gasteiger partial charge in [0.1, 0.15) is 0 Å². The summed E-state index contributed by atoms with van der Waals surface area (Å²) >= 11 is 0. The minimum absolute atomic E-state index is 0.200. The standard InChI is InChI=1S/C32H40N8O3/c33-16-20-42-22-23-43-21-19-34-29(41)27-12-7-13-28(24-27)37-32-39-30(35-17-14-25-8-3-1-4-9-25)38-31(40-32)36-18-15-26-10-5-2-6-11-26/h1-13,24H,14-23,33H2,(H,34,41)(H3,35,36,37,38,39,40). The topological polar surface area (TPSA) is 148 Å². The fourth-order valence-corrected chi connectivity index (χ4v) is 4.13. The number of hydrogen-bond acceptors (Lipinski definition) is 10. The molecular formula is C32H40N8O3. The fourth-order valence-electron chi connectivity index (χ4n) is 4.13.